The Labute approximate surface area is 123 Å². The Hall–Kier alpha value is -2.61. The van der Waals surface area contributed by atoms with Gasteiger partial charge in [0.05, 0.1) is 7.11 Å². The molecule has 0 N–H and O–H groups in total. The second kappa shape index (κ2) is 5.41. The van der Waals surface area contributed by atoms with Crippen molar-refractivity contribution in [2.75, 3.05) is 7.11 Å². The third-order valence-corrected chi connectivity index (χ3v) is 2.80. The molecule has 0 bridgehead atoms. The second-order valence-electron chi connectivity index (χ2n) is 3.92. The largest absolute Gasteiger partial charge is 0.494 e. The maximum Gasteiger partial charge on any atom is 0.256 e. The molecule has 106 valence electrons. The van der Waals surface area contributed by atoms with Crippen LogP contribution < -0.4 is 4.74 Å². The maximum absolute atomic E-state index is 13.8. The van der Waals surface area contributed by atoms with E-state index in [9.17, 15) is 4.39 Å². The van der Waals surface area contributed by atoms with E-state index in [0.717, 1.165) is 0 Å². The summed E-state index contributed by atoms with van der Waals surface area (Å²) in [5.41, 5.74) is 0.443. The summed E-state index contributed by atoms with van der Waals surface area (Å²) in [5.74, 6) is 0.0324. The van der Waals surface area contributed by atoms with Gasteiger partial charge in [-0.05, 0) is 29.8 Å². The lowest BCUT2D eigenvalue weighted by atomic mass is 10.2. The molecule has 0 saturated heterocycles. The van der Waals surface area contributed by atoms with E-state index in [4.69, 9.17) is 16.3 Å². The minimum Gasteiger partial charge on any atom is -0.494 e. The Balaban J connectivity index is 2.08. The van der Waals surface area contributed by atoms with Gasteiger partial charge in [0.1, 0.15) is 12.7 Å². The van der Waals surface area contributed by atoms with Crippen LogP contribution in [0.25, 0.3) is 17.3 Å². The summed E-state index contributed by atoms with van der Waals surface area (Å²) >= 11 is 5.87. The number of benzene rings is 1. The molecule has 0 aliphatic rings. The van der Waals surface area contributed by atoms with Crippen LogP contribution in [0, 0.1) is 5.82 Å². The van der Waals surface area contributed by atoms with Gasteiger partial charge in [-0.2, -0.15) is 24.7 Å². The van der Waals surface area contributed by atoms with Crippen LogP contribution in [0.5, 0.6) is 5.75 Å². The van der Waals surface area contributed by atoms with Gasteiger partial charge >= 0.3 is 0 Å². The summed E-state index contributed by atoms with van der Waals surface area (Å²) in [6, 6.07) is 4.37. The lowest BCUT2D eigenvalue weighted by Crippen LogP contribution is -2.05. The van der Waals surface area contributed by atoms with Gasteiger partial charge in [0.2, 0.25) is 5.28 Å². The summed E-state index contributed by atoms with van der Waals surface area (Å²) in [5, 5.41) is 3.88. The van der Waals surface area contributed by atoms with Crippen molar-refractivity contribution in [1.82, 2.24) is 29.7 Å². The average Bonchev–Trinajstić information content (AvgIpc) is 3.01. The van der Waals surface area contributed by atoms with Crippen LogP contribution in [0.1, 0.15) is 0 Å². The van der Waals surface area contributed by atoms with E-state index in [1.807, 2.05) is 0 Å². The monoisotopic (exact) mass is 306 g/mol. The average molecular weight is 307 g/mol. The Morgan fingerprint density at radius 3 is 2.76 bits per heavy atom. The van der Waals surface area contributed by atoms with E-state index in [2.05, 4.69) is 25.0 Å². The maximum atomic E-state index is 13.8. The highest BCUT2D eigenvalue weighted by atomic mass is 35.5. The summed E-state index contributed by atoms with van der Waals surface area (Å²) in [4.78, 5) is 15.9. The predicted octanol–water partition coefficient (Wildman–Crippen LogP) is 1.92. The number of rotatable bonds is 3. The molecule has 2 aromatic heterocycles. The van der Waals surface area contributed by atoms with Crippen LogP contribution in [-0.4, -0.2) is 36.8 Å². The summed E-state index contributed by atoms with van der Waals surface area (Å²) in [7, 11) is 1.39. The molecule has 21 heavy (non-hydrogen) atoms. The van der Waals surface area contributed by atoms with E-state index in [0.29, 0.717) is 5.56 Å². The van der Waals surface area contributed by atoms with Crippen LogP contribution >= 0.6 is 11.6 Å². The zero-order valence-corrected chi connectivity index (χ0v) is 11.5. The van der Waals surface area contributed by atoms with Crippen molar-refractivity contribution in [3.8, 4) is 23.1 Å². The molecule has 7 nitrogen and oxygen atoms in total. The Bertz CT molecular complexity index is 779. The number of methoxy groups -OCH3 is 1. The number of hydrogen-bond acceptors (Lipinski definition) is 6. The summed E-state index contributed by atoms with van der Waals surface area (Å²) in [6.07, 6.45) is 2.76. The minimum absolute atomic E-state index is 0.0262. The van der Waals surface area contributed by atoms with Gasteiger partial charge in [0.25, 0.3) is 5.95 Å². The third-order valence-electron chi connectivity index (χ3n) is 2.63. The SMILES string of the molecule is COc1ccc(-c2nc(Cl)nc(-n3cncn3)n2)cc1F. The Morgan fingerprint density at radius 1 is 1.24 bits per heavy atom. The molecule has 0 fully saturated rings. The van der Waals surface area contributed by atoms with Crippen molar-refractivity contribution in [1.29, 1.82) is 0 Å². The molecule has 0 unspecified atom stereocenters. The van der Waals surface area contributed by atoms with E-state index < -0.39 is 5.82 Å². The van der Waals surface area contributed by atoms with E-state index in [-0.39, 0.29) is 22.8 Å². The van der Waals surface area contributed by atoms with Crippen LogP contribution in [-0.2, 0) is 0 Å². The fourth-order valence-corrected chi connectivity index (χ4v) is 1.84. The molecule has 3 aromatic rings. The first kappa shape index (κ1) is 13.4. The molecule has 0 radical (unpaired) electrons. The Morgan fingerprint density at radius 2 is 2.10 bits per heavy atom. The minimum atomic E-state index is -0.520. The first-order chi connectivity index (χ1) is 10.2. The number of halogens is 2. The molecule has 0 atom stereocenters. The fourth-order valence-electron chi connectivity index (χ4n) is 1.69. The molecule has 9 heteroatoms. The van der Waals surface area contributed by atoms with Gasteiger partial charge < -0.3 is 4.74 Å². The molecule has 0 spiro atoms. The van der Waals surface area contributed by atoms with Crippen molar-refractivity contribution in [3.63, 3.8) is 0 Å². The highest BCUT2D eigenvalue weighted by Crippen LogP contribution is 2.24. The van der Waals surface area contributed by atoms with Crippen LogP contribution in [0.2, 0.25) is 5.28 Å². The lowest BCUT2D eigenvalue weighted by Gasteiger charge is -2.06. The summed E-state index contributed by atoms with van der Waals surface area (Å²) in [6.45, 7) is 0. The fraction of sp³-hybridized carbons (Fsp3) is 0.0833. The van der Waals surface area contributed by atoms with Gasteiger partial charge in [-0.15, -0.1) is 0 Å². The molecule has 2 heterocycles. The number of hydrogen-bond donors (Lipinski definition) is 0. The van der Waals surface area contributed by atoms with Gasteiger partial charge in [-0.1, -0.05) is 0 Å². The molecule has 0 aliphatic heterocycles. The van der Waals surface area contributed by atoms with Crippen molar-refractivity contribution < 1.29 is 9.13 Å². The highest BCUT2D eigenvalue weighted by Gasteiger charge is 2.12. The van der Waals surface area contributed by atoms with Gasteiger partial charge in [0.15, 0.2) is 17.4 Å². The number of nitrogens with zero attached hydrogens (tertiary/aromatic N) is 6. The molecule has 0 amide bonds. The quantitative estimate of drug-likeness (QED) is 0.735. The Kier molecular flexibility index (Phi) is 3.44. The number of ether oxygens (including phenoxy) is 1. The van der Waals surface area contributed by atoms with Crippen LogP contribution in [0.4, 0.5) is 4.39 Å². The zero-order valence-electron chi connectivity index (χ0n) is 10.7. The highest BCUT2D eigenvalue weighted by molar-refractivity contribution is 6.28. The standard InChI is InChI=1S/C12H8ClFN6O/c1-21-9-3-2-7(4-8(9)14)10-17-11(13)19-12(18-10)20-6-15-5-16-20/h2-6H,1H3. The van der Waals surface area contributed by atoms with Gasteiger partial charge in [0, 0.05) is 5.56 Å². The molecule has 0 saturated carbocycles. The molecular weight excluding hydrogens is 299 g/mol. The normalized spacial score (nSPS) is 10.6. The van der Waals surface area contributed by atoms with E-state index in [1.165, 1.54) is 36.6 Å². The molecular formula is C12H8ClFN6O. The number of aromatic nitrogens is 6. The zero-order chi connectivity index (χ0) is 14.8. The van der Waals surface area contributed by atoms with Crippen LogP contribution in [0.15, 0.2) is 30.9 Å². The van der Waals surface area contributed by atoms with Crippen molar-refractivity contribution >= 4 is 11.6 Å². The summed E-state index contributed by atoms with van der Waals surface area (Å²) < 4.78 is 19.9. The van der Waals surface area contributed by atoms with Crippen LogP contribution in [0.3, 0.4) is 0 Å². The second-order valence-corrected chi connectivity index (χ2v) is 4.26. The van der Waals surface area contributed by atoms with E-state index in [1.54, 1.807) is 6.07 Å². The lowest BCUT2D eigenvalue weighted by molar-refractivity contribution is 0.386. The first-order valence-corrected chi connectivity index (χ1v) is 6.15. The van der Waals surface area contributed by atoms with Crippen molar-refractivity contribution in [2.45, 2.75) is 0 Å². The van der Waals surface area contributed by atoms with Gasteiger partial charge in [-0.3, -0.25) is 0 Å². The van der Waals surface area contributed by atoms with Crippen molar-refractivity contribution in [2.24, 2.45) is 0 Å². The first-order valence-electron chi connectivity index (χ1n) is 5.78. The van der Waals surface area contributed by atoms with Gasteiger partial charge in [-0.25, -0.2) is 9.37 Å². The van der Waals surface area contributed by atoms with E-state index >= 15 is 0 Å². The predicted molar refractivity (Wildman–Crippen MR) is 71.7 cm³/mol. The topological polar surface area (TPSA) is 78.6 Å². The third kappa shape index (κ3) is 2.65. The van der Waals surface area contributed by atoms with Crippen molar-refractivity contribution in [3.05, 3.63) is 42.0 Å². The smallest absolute Gasteiger partial charge is 0.256 e. The molecule has 0 aliphatic carbocycles. The molecule has 1 aromatic carbocycles. The molecule has 3 rings (SSSR count).